The van der Waals surface area contributed by atoms with Gasteiger partial charge in [-0.3, -0.25) is 0 Å². The van der Waals surface area contributed by atoms with Crippen LogP contribution >= 0.6 is 0 Å². The van der Waals surface area contributed by atoms with Gasteiger partial charge in [-0.2, -0.15) is 0 Å². The molecule has 1 fully saturated rings. The van der Waals surface area contributed by atoms with Gasteiger partial charge in [-0.25, -0.2) is 18.0 Å². The minimum Gasteiger partial charge on any atom is -0.380 e. The average molecular weight is 274 g/mol. The first-order chi connectivity index (χ1) is 8.89. The number of amides is 2. The number of hydrogen-bond acceptors (Lipinski definition) is 2. The molecule has 1 aliphatic heterocycles. The summed E-state index contributed by atoms with van der Waals surface area (Å²) in [6.45, 7) is 3.30. The zero-order chi connectivity index (χ0) is 14.0. The van der Waals surface area contributed by atoms with Crippen LogP contribution in [-0.4, -0.2) is 25.8 Å². The van der Waals surface area contributed by atoms with Crippen LogP contribution in [0.15, 0.2) is 12.1 Å². The fourth-order valence-electron chi connectivity index (χ4n) is 1.66. The number of carbonyl (C=O) groups excluding carboxylic acids is 1. The van der Waals surface area contributed by atoms with Crippen molar-refractivity contribution in [3.8, 4) is 0 Å². The second kappa shape index (κ2) is 5.08. The number of anilines is 1. The number of ether oxygens (including phenoxy) is 1. The van der Waals surface area contributed by atoms with Crippen molar-refractivity contribution in [3.63, 3.8) is 0 Å². The summed E-state index contributed by atoms with van der Waals surface area (Å²) in [5, 5.41) is 4.56. The Balaban J connectivity index is 1.95. The molecule has 4 nitrogen and oxygen atoms in total. The number of urea groups is 1. The molecule has 1 heterocycles. The summed E-state index contributed by atoms with van der Waals surface area (Å²) in [6, 6.07) is 0.397. The van der Waals surface area contributed by atoms with Crippen LogP contribution in [0.25, 0.3) is 0 Å². The molecule has 0 aromatic heterocycles. The normalized spacial score (nSPS) is 16.6. The standard InChI is InChI=1S/C12H13F3N2O2/c1-12(5-19-6-12)4-16-11(18)17-9-3-7(13)2-8(14)10(9)15/h2-3H,4-6H2,1H3,(H2,16,17,18). The molecule has 1 aromatic rings. The van der Waals surface area contributed by atoms with Gasteiger partial charge >= 0.3 is 6.03 Å². The lowest BCUT2D eigenvalue weighted by atomic mass is 9.89. The van der Waals surface area contributed by atoms with Crippen molar-refractivity contribution >= 4 is 11.7 Å². The highest BCUT2D eigenvalue weighted by atomic mass is 19.2. The highest BCUT2D eigenvalue weighted by Crippen LogP contribution is 2.25. The predicted molar refractivity (Wildman–Crippen MR) is 62.3 cm³/mol. The van der Waals surface area contributed by atoms with Crippen molar-refractivity contribution < 1.29 is 22.7 Å². The largest absolute Gasteiger partial charge is 0.380 e. The van der Waals surface area contributed by atoms with Crippen LogP contribution in [0.4, 0.5) is 23.7 Å². The van der Waals surface area contributed by atoms with Crippen LogP contribution < -0.4 is 10.6 Å². The third-order valence-corrected chi connectivity index (χ3v) is 2.82. The van der Waals surface area contributed by atoms with Gasteiger partial charge < -0.3 is 15.4 Å². The number of hydrogen-bond donors (Lipinski definition) is 2. The van der Waals surface area contributed by atoms with Gasteiger partial charge in [-0.1, -0.05) is 6.92 Å². The van der Waals surface area contributed by atoms with Gasteiger partial charge in [-0.05, 0) is 0 Å². The van der Waals surface area contributed by atoms with Crippen LogP contribution in [0.3, 0.4) is 0 Å². The summed E-state index contributed by atoms with van der Waals surface area (Å²) in [6.07, 6.45) is 0. The van der Waals surface area contributed by atoms with Crippen molar-refractivity contribution in [3.05, 3.63) is 29.6 Å². The third kappa shape index (κ3) is 3.17. The van der Waals surface area contributed by atoms with E-state index in [0.717, 1.165) is 0 Å². The van der Waals surface area contributed by atoms with E-state index in [0.29, 0.717) is 31.9 Å². The Morgan fingerprint density at radius 3 is 2.63 bits per heavy atom. The molecule has 2 rings (SSSR count). The lowest BCUT2D eigenvalue weighted by Crippen LogP contribution is -2.49. The smallest absolute Gasteiger partial charge is 0.319 e. The Morgan fingerprint density at radius 1 is 1.37 bits per heavy atom. The number of nitrogens with one attached hydrogen (secondary N) is 2. The molecule has 0 unspecified atom stereocenters. The Kier molecular flexibility index (Phi) is 3.66. The van der Waals surface area contributed by atoms with E-state index in [1.54, 1.807) is 0 Å². The Labute approximate surface area is 107 Å². The van der Waals surface area contributed by atoms with Gasteiger partial charge in [0.05, 0.1) is 18.9 Å². The molecule has 1 saturated heterocycles. The number of halogens is 3. The zero-order valence-electron chi connectivity index (χ0n) is 10.2. The van der Waals surface area contributed by atoms with E-state index in [2.05, 4.69) is 10.6 Å². The maximum atomic E-state index is 13.3. The van der Waals surface area contributed by atoms with Crippen molar-refractivity contribution in [1.29, 1.82) is 0 Å². The first-order valence-corrected chi connectivity index (χ1v) is 5.67. The van der Waals surface area contributed by atoms with E-state index in [9.17, 15) is 18.0 Å². The monoisotopic (exact) mass is 274 g/mol. The fourth-order valence-corrected chi connectivity index (χ4v) is 1.66. The third-order valence-electron chi connectivity index (χ3n) is 2.82. The summed E-state index contributed by atoms with van der Waals surface area (Å²) in [7, 11) is 0. The molecule has 0 aliphatic carbocycles. The summed E-state index contributed by atoms with van der Waals surface area (Å²) in [5.41, 5.74) is -0.687. The van der Waals surface area contributed by atoms with Crippen LogP contribution in [0.1, 0.15) is 6.92 Å². The molecule has 0 spiro atoms. The van der Waals surface area contributed by atoms with Gasteiger partial charge in [0.1, 0.15) is 5.82 Å². The molecular weight excluding hydrogens is 261 g/mol. The van der Waals surface area contributed by atoms with Gasteiger partial charge in [0.25, 0.3) is 0 Å². The van der Waals surface area contributed by atoms with Crippen LogP contribution in [0.5, 0.6) is 0 Å². The van der Waals surface area contributed by atoms with Crippen LogP contribution in [0.2, 0.25) is 0 Å². The maximum Gasteiger partial charge on any atom is 0.319 e. The van der Waals surface area contributed by atoms with E-state index < -0.39 is 29.2 Å². The predicted octanol–water partition coefficient (Wildman–Crippen LogP) is 2.26. The Bertz CT molecular complexity index is 504. The van der Waals surface area contributed by atoms with E-state index >= 15 is 0 Å². The first kappa shape index (κ1) is 13.7. The van der Waals surface area contributed by atoms with Crippen molar-refractivity contribution in [2.24, 2.45) is 5.41 Å². The molecule has 2 N–H and O–H groups in total. The van der Waals surface area contributed by atoms with E-state index in [4.69, 9.17) is 4.74 Å². The summed E-state index contributed by atoms with van der Waals surface area (Å²) in [4.78, 5) is 11.5. The Hall–Kier alpha value is -1.76. The van der Waals surface area contributed by atoms with E-state index in [1.807, 2.05) is 6.92 Å². The van der Waals surface area contributed by atoms with Crippen molar-refractivity contribution in [2.45, 2.75) is 6.92 Å². The lowest BCUT2D eigenvalue weighted by molar-refractivity contribution is -0.0974. The number of carbonyl (C=O) groups is 1. The highest BCUT2D eigenvalue weighted by Gasteiger charge is 2.33. The summed E-state index contributed by atoms with van der Waals surface area (Å²) in [5.74, 6) is -3.61. The molecule has 1 aromatic carbocycles. The molecular formula is C12H13F3N2O2. The lowest BCUT2D eigenvalue weighted by Gasteiger charge is -2.37. The summed E-state index contributed by atoms with van der Waals surface area (Å²) >= 11 is 0. The molecule has 19 heavy (non-hydrogen) atoms. The van der Waals surface area contributed by atoms with Gasteiger partial charge in [0.15, 0.2) is 11.6 Å². The van der Waals surface area contributed by atoms with Crippen LogP contribution in [0, 0.1) is 22.9 Å². The molecule has 0 saturated carbocycles. The first-order valence-electron chi connectivity index (χ1n) is 5.67. The highest BCUT2D eigenvalue weighted by molar-refractivity contribution is 5.89. The molecule has 0 atom stereocenters. The molecule has 1 aliphatic rings. The minimum absolute atomic E-state index is 0.150. The second-order valence-corrected chi connectivity index (χ2v) is 4.86. The van der Waals surface area contributed by atoms with Crippen molar-refractivity contribution in [2.75, 3.05) is 25.1 Å². The molecule has 0 bridgehead atoms. The van der Waals surface area contributed by atoms with Crippen molar-refractivity contribution in [1.82, 2.24) is 5.32 Å². The van der Waals surface area contributed by atoms with Gasteiger partial charge in [0, 0.05) is 24.1 Å². The van der Waals surface area contributed by atoms with Gasteiger partial charge in [-0.15, -0.1) is 0 Å². The quantitative estimate of drug-likeness (QED) is 0.831. The fraction of sp³-hybridized carbons (Fsp3) is 0.417. The van der Waals surface area contributed by atoms with Gasteiger partial charge in [0.2, 0.25) is 0 Å². The number of rotatable bonds is 3. The summed E-state index contributed by atoms with van der Waals surface area (Å²) < 4.78 is 44.1. The SMILES string of the molecule is CC1(CNC(=O)Nc2cc(F)cc(F)c2F)COC1. The van der Waals surface area contributed by atoms with Crippen LogP contribution in [-0.2, 0) is 4.74 Å². The molecule has 0 radical (unpaired) electrons. The second-order valence-electron chi connectivity index (χ2n) is 4.86. The average Bonchev–Trinajstić information content (AvgIpc) is 2.30. The van der Waals surface area contributed by atoms with E-state index in [1.165, 1.54) is 0 Å². The Morgan fingerprint density at radius 2 is 2.05 bits per heavy atom. The molecule has 104 valence electrons. The van der Waals surface area contributed by atoms with E-state index in [-0.39, 0.29) is 5.41 Å². The topological polar surface area (TPSA) is 50.4 Å². The maximum absolute atomic E-state index is 13.3. The number of benzene rings is 1. The minimum atomic E-state index is -1.35. The molecule has 7 heteroatoms. The molecule has 2 amide bonds. The zero-order valence-corrected chi connectivity index (χ0v) is 10.2.